The molecule has 3 nitrogen and oxygen atoms in total. The zero-order valence-electron chi connectivity index (χ0n) is 9.15. The molecular weight excluding hydrogens is 322 g/mol. The summed E-state index contributed by atoms with van der Waals surface area (Å²) in [5, 5.41) is 6.93. The van der Waals surface area contributed by atoms with E-state index in [0.29, 0.717) is 10.8 Å². The third-order valence-corrected chi connectivity index (χ3v) is 3.89. The molecule has 1 atom stereocenters. The second-order valence-electron chi connectivity index (χ2n) is 3.46. The summed E-state index contributed by atoms with van der Waals surface area (Å²) in [6.07, 6.45) is 4.46. The Bertz CT molecular complexity index is 489. The summed E-state index contributed by atoms with van der Waals surface area (Å²) in [6, 6.07) is 1.98. The van der Waals surface area contributed by atoms with Crippen LogP contribution in [0, 0.1) is 0 Å². The Kier molecular flexibility index (Phi) is 4.36. The highest BCUT2D eigenvalue weighted by molar-refractivity contribution is 9.10. The molecule has 1 N–H and O–H groups in total. The van der Waals surface area contributed by atoms with Gasteiger partial charge in [0.1, 0.15) is 10.8 Å². The number of rotatable bonds is 4. The third kappa shape index (κ3) is 3.18. The lowest BCUT2D eigenvalue weighted by Gasteiger charge is -2.15. The quantitative estimate of drug-likeness (QED) is 0.894. The highest BCUT2D eigenvalue weighted by atomic mass is 79.9. The first-order valence-electron chi connectivity index (χ1n) is 5.17. The van der Waals surface area contributed by atoms with Gasteiger partial charge in [0.15, 0.2) is 0 Å². The van der Waals surface area contributed by atoms with Gasteiger partial charge in [-0.2, -0.15) is 0 Å². The standard InChI is InChI=1S/C11H11BrClN3S/c1-2-9(11-14-3-4-17-11)16-10-8(13)5-7(12)6-15-10/h3-6,9H,2H2,1H3,(H,15,16). The molecule has 0 aliphatic rings. The number of pyridine rings is 1. The fourth-order valence-corrected chi connectivity index (χ4v) is 2.89. The predicted octanol–water partition coefficient (Wildman–Crippen LogP) is 4.52. The fourth-order valence-electron chi connectivity index (χ4n) is 1.43. The molecule has 1 unspecified atom stereocenters. The molecule has 0 bridgehead atoms. The van der Waals surface area contributed by atoms with E-state index in [1.165, 1.54) is 0 Å². The second kappa shape index (κ2) is 5.80. The molecule has 0 radical (unpaired) electrons. The van der Waals surface area contributed by atoms with E-state index in [1.54, 1.807) is 23.7 Å². The summed E-state index contributed by atoms with van der Waals surface area (Å²) in [5.41, 5.74) is 0. The Morgan fingerprint density at radius 2 is 2.35 bits per heavy atom. The van der Waals surface area contributed by atoms with E-state index >= 15 is 0 Å². The van der Waals surface area contributed by atoms with Gasteiger partial charge in [-0.05, 0) is 28.4 Å². The largest absolute Gasteiger partial charge is 0.360 e. The van der Waals surface area contributed by atoms with Gasteiger partial charge in [-0.1, -0.05) is 18.5 Å². The number of thiazole rings is 1. The van der Waals surface area contributed by atoms with Crippen LogP contribution in [-0.2, 0) is 0 Å². The van der Waals surface area contributed by atoms with E-state index in [-0.39, 0.29) is 6.04 Å². The van der Waals surface area contributed by atoms with E-state index in [9.17, 15) is 0 Å². The molecular formula is C11H11BrClN3S. The number of hydrogen-bond donors (Lipinski definition) is 1. The van der Waals surface area contributed by atoms with Crippen LogP contribution in [0.4, 0.5) is 5.82 Å². The van der Waals surface area contributed by atoms with Gasteiger partial charge in [0.2, 0.25) is 0 Å². The van der Waals surface area contributed by atoms with Crippen LogP contribution < -0.4 is 5.32 Å². The maximum atomic E-state index is 6.12. The van der Waals surface area contributed by atoms with Gasteiger partial charge in [-0.25, -0.2) is 9.97 Å². The molecule has 0 amide bonds. The van der Waals surface area contributed by atoms with E-state index in [1.807, 2.05) is 11.4 Å². The first-order valence-corrected chi connectivity index (χ1v) is 7.22. The van der Waals surface area contributed by atoms with Crippen LogP contribution in [0.25, 0.3) is 0 Å². The fraction of sp³-hybridized carbons (Fsp3) is 0.273. The molecule has 0 spiro atoms. The number of nitrogens with zero attached hydrogens (tertiary/aromatic N) is 2. The van der Waals surface area contributed by atoms with Crippen molar-refractivity contribution in [2.24, 2.45) is 0 Å². The molecule has 0 saturated heterocycles. The van der Waals surface area contributed by atoms with Crippen molar-refractivity contribution in [1.82, 2.24) is 9.97 Å². The number of aromatic nitrogens is 2. The molecule has 0 aliphatic heterocycles. The van der Waals surface area contributed by atoms with Gasteiger partial charge in [0.05, 0.1) is 11.1 Å². The Labute approximate surface area is 117 Å². The van der Waals surface area contributed by atoms with Crippen molar-refractivity contribution < 1.29 is 0 Å². The van der Waals surface area contributed by atoms with Crippen LogP contribution >= 0.6 is 38.9 Å². The molecule has 90 valence electrons. The molecule has 2 aromatic heterocycles. The molecule has 0 aromatic carbocycles. The average molecular weight is 333 g/mol. The zero-order valence-corrected chi connectivity index (χ0v) is 12.3. The van der Waals surface area contributed by atoms with Crippen molar-refractivity contribution in [3.05, 3.63) is 38.3 Å². The Morgan fingerprint density at radius 3 is 2.94 bits per heavy atom. The highest BCUT2D eigenvalue weighted by Crippen LogP contribution is 2.28. The predicted molar refractivity (Wildman–Crippen MR) is 75.7 cm³/mol. The summed E-state index contributed by atoms with van der Waals surface area (Å²) in [4.78, 5) is 8.57. The summed E-state index contributed by atoms with van der Waals surface area (Å²) in [6.45, 7) is 2.10. The SMILES string of the molecule is CCC(Nc1ncc(Br)cc1Cl)c1nccs1. The first-order chi connectivity index (χ1) is 8.20. The minimum Gasteiger partial charge on any atom is -0.360 e. The third-order valence-electron chi connectivity index (χ3n) is 2.28. The van der Waals surface area contributed by atoms with Crippen molar-refractivity contribution in [2.75, 3.05) is 5.32 Å². The maximum absolute atomic E-state index is 6.12. The molecule has 2 rings (SSSR count). The lowest BCUT2D eigenvalue weighted by Crippen LogP contribution is -2.10. The van der Waals surface area contributed by atoms with Gasteiger partial charge in [0.25, 0.3) is 0 Å². The van der Waals surface area contributed by atoms with Crippen molar-refractivity contribution >= 4 is 44.7 Å². The summed E-state index contributed by atoms with van der Waals surface area (Å²) in [7, 11) is 0. The number of hydrogen-bond acceptors (Lipinski definition) is 4. The molecule has 6 heteroatoms. The minimum atomic E-state index is 0.154. The topological polar surface area (TPSA) is 37.8 Å². The van der Waals surface area contributed by atoms with Gasteiger partial charge in [-0.3, -0.25) is 0 Å². The van der Waals surface area contributed by atoms with Crippen LogP contribution in [0.3, 0.4) is 0 Å². The Balaban J connectivity index is 2.19. The molecule has 2 heterocycles. The minimum absolute atomic E-state index is 0.154. The van der Waals surface area contributed by atoms with E-state index < -0.39 is 0 Å². The van der Waals surface area contributed by atoms with Crippen molar-refractivity contribution in [1.29, 1.82) is 0 Å². The van der Waals surface area contributed by atoms with Gasteiger partial charge in [-0.15, -0.1) is 11.3 Å². The van der Waals surface area contributed by atoms with Gasteiger partial charge < -0.3 is 5.32 Å². The van der Waals surface area contributed by atoms with Gasteiger partial charge in [0, 0.05) is 22.2 Å². The van der Waals surface area contributed by atoms with Crippen LogP contribution in [0.5, 0.6) is 0 Å². The average Bonchev–Trinajstić information content (AvgIpc) is 2.81. The van der Waals surface area contributed by atoms with Crippen LogP contribution in [0.2, 0.25) is 5.02 Å². The summed E-state index contributed by atoms with van der Waals surface area (Å²) in [5.74, 6) is 0.692. The first kappa shape index (κ1) is 12.8. The summed E-state index contributed by atoms with van der Waals surface area (Å²) < 4.78 is 0.871. The molecule has 0 aliphatic carbocycles. The number of halogens is 2. The van der Waals surface area contributed by atoms with E-state index in [2.05, 4.69) is 38.1 Å². The Morgan fingerprint density at radius 1 is 1.53 bits per heavy atom. The number of nitrogens with one attached hydrogen (secondary N) is 1. The summed E-state index contributed by atoms with van der Waals surface area (Å²) >= 11 is 11.1. The normalized spacial score (nSPS) is 12.4. The smallest absolute Gasteiger partial charge is 0.145 e. The van der Waals surface area contributed by atoms with Crippen molar-refractivity contribution in [3.8, 4) is 0 Å². The lowest BCUT2D eigenvalue weighted by molar-refractivity contribution is 0.737. The van der Waals surface area contributed by atoms with Crippen LogP contribution in [0.1, 0.15) is 24.4 Å². The molecule has 17 heavy (non-hydrogen) atoms. The molecule has 0 saturated carbocycles. The monoisotopic (exact) mass is 331 g/mol. The molecule has 2 aromatic rings. The highest BCUT2D eigenvalue weighted by Gasteiger charge is 2.14. The van der Waals surface area contributed by atoms with Crippen molar-refractivity contribution in [2.45, 2.75) is 19.4 Å². The molecule has 0 fully saturated rings. The zero-order chi connectivity index (χ0) is 12.3. The Hall–Kier alpha value is -0.650. The van der Waals surface area contributed by atoms with Crippen molar-refractivity contribution in [3.63, 3.8) is 0 Å². The number of anilines is 1. The maximum Gasteiger partial charge on any atom is 0.145 e. The van der Waals surface area contributed by atoms with Crippen LogP contribution in [0.15, 0.2) is 28.3 Å². The van der Waals surface area contributed by atoms with E-state index in [0.717, 1.165) is 15.9 Å². The lowest BCUT2D eigenvalue weighted by atomic mass is 10.2. The second-order valence-corrected chi connectivity index (χ2v) is 5.71. The van der Waals surface area contributed by atoms with E-state index in [4.69, 9.17) is 11.6 Å². The van der Waals surface area contributed by atoms with Crippen LogP contribution in [-0.4, -0.2) is 9.97 Å². The van der Waals surface area contributed by atoms with Gasteiger partial charge >= 0.3 is 0 Å².